The minimum absolute atomic E-state index is 0.240. The fourth-order valence-corrected chi connectivity index (χ4v) is 7.93. The van der Waals surface area contributed by atoms with Crippen LogP contribution in [0.4, 0.5) is 13.2 Å². The normalized spacial score (nSPS) is 49.9. The second-order valence-corrected chi connectivity index (χ2v) is 10.6. The third-order valence-electron chi connectivity index (χ3n) is 9.00. The van der Waals surface area contributed by atoms with Gasteiger partial charge in [-0.2, -0.15) is 13.2 Å². The van der Waals surface area contributed by atoms with Crippen molar-refractivity contribution in [2.45, 2.75) is 89.8 Å². The van der Waals surface area contributed by atoms with Gasteiger partial charge in [0.1, 0.15) is 12.2 Å². The second-order valence-electron chi connectivity index (χ2n) is 10.6. The van der Waals surface area contributed by atoms with Crippen LogP contribution in [0.2, 0.25) is 0 Å². The summed E-state index contributed by atoms with van der Waals surface area (Å²) in [5.74, 6) is 1.90. The first-order valence-corrected chi connectivity index (χ1v) is 10.8. The van der Waals surface area contributed by atoms with Crippen LogP contribution in [-0.2, 0) is 4.79 Å². The van der Waals surface area contributed by atoms with E-state index in [1.54, 1.807) is 0 Å². The molecule has 0 amide bonds. The number of alkyl halides is 3. The zero-order valence-corrected chi connectivity index (χ0v) is 16.5. The summed E-state index contributed by atoms with van der Waals surface area (Å²) in [5.41, 5.74) is -0.768. The molecule has 0 aliphatic heterocycles. The van der Waals surface area contributed by atoms with Crippen molar-refractivity contribution < 1.29 is 23.1 Å². The Kier molecular flexibility index (Phi) is 4.72. The van der Waals surface area contributed by atoms with E-state index in [-0.39, 0.29) is 5.41 Å². The third-order valence-corrected chi connectivity index (χ3v) is 9.00. The number of hydrogen-bond donors (Lipinski definition) is 1. The maximum atomic E-state index is 12.8. The van der Waals surface area contributed by atoms with E-state index in [0.29, 0.717) is 36.0 Å². The molecule has 4 fully saturated rings. The van der Waals surface area contributed by atoms with Gasteiger partial charge in [0.05, 0.1) is 5.60 Å². The van der Waals surface area contributed by atoms with Crippen LogP contribution < -0.4 is 0 Å². The van der Waals surface area contributed by atoms with Crippen LogP contribution in [0.3, 0.4) is 0 Å². The van der Waals surface area contributed by atoms with Gasteiger partial charge in [0, 0.05) is 5.92 Å². The molecule has 4 aliphatic rings. The topological polar surface area (TPSA) is 37.3 Å². The summed E-state index contributed by atoms with van der Waals surface area (Å²) in [4.78, 5) is 12.4. The molecule has 0 aromatic carbocycles. The van der Waals surface area contributed by atoms with Crippen molar-refractivity contribution >= 4 is 5.78 Å². The number of fused-ring (bicyclic) bond motifs is 5. The van der Waals surface area contributed by atoms with Crippen LogP contribution in [-0.4, -0.2) is 22.7 Å². The lowest BCUT2D eigenvalue weighted by atomic mass is 9.49. The quantitative estimate of drug-likeness (QED) is 0.678. The van der Waals surface area contributed by atoms with Crippen molar-refractivity contribution in [2.24, 2.45) is 40.9 Å². The van der Waals surface area contributed by atoms with Gasteiger partial charge in [0.25, 0.3) is 0 Å². The van der Waals surface area contributed by atoms with Gasteiger partial charge < -0.3 is 5.11 Å². The van der Waals surface area contributed by atoms with Gasteiger partial charge in [-0.15, -0.1) is 0 Å². The van der Waals surface area contributed by atoms with Crippen molar-refractivity contribution in [1.29, 1.82) is 0 Å². The maximum Gasteiger partial charge on any atom is 0.395 e. The molecule has 0 heterocycles. The predicted octanol–water partition coefficient (Wildman–Crippen LogP) is 5.53. The minimum atomic E-state index is -4.39. The SMILES string of the molecule is C[C@@]1(O)CC[C@H]2[C@H](CC[C@@H]3[C@@H]2CC[C@]2(C)[C@@H](C(=O)CC(F)(F)F)CC[C@@H]32)C1. The van der Waals surface area contributed by atoms with Crippen molar-refractivity contribution in [1.82, 2.24) is 0 Å². The molecule has 0 radical (unpaired) electrons. The van der Waals surface area contributed by atoms with E-state index in [0.717, 1.165) is 51.4 Å². The Bertz CT molecular complexity index is 599. The maximum absolute atomic E-state index is 12.8. The highest BCUT2D eigenvalue weighted by molar-refractivity contribution is 5.82. The molecule has 5 heteroatoms. The van der Waals surface area contributed by atoms with E-state index in [9.17, 15) is 23.1 Å². The molecule has 1 N–H and O–H groups in total. The summed E-state index contributed by atoms with van der Waals surface area (Å²) in [6.07, 6.45) is 2.97. The van der Waals surface area contributed by atoms with Crippen LogP contribution in [0, 0.1) is 40.9 Å². The molecular formula is C22H33F3O2. The van der Waals surface area contributed by atoms with Gasteiger partial charge in [-0.05, 0) is 99.7 Å². The van der Waals surface area contributed by atoms with Gasteiger partial charge >= 0.3 is 6.18 Å². The van der Waals surface area contributed by atoms with E-state index in [1.165, 1.54) is 0 Å². The predicted molar refractivity (Wildman–Crippen MR) is 96.9 cm³/mol. The molecule has 4 aliphatic carbocycles. The number of halogens is 3. The summed E-state index contributed by atoms with van der Waals surface area (Å²) >= 11 is 0. The number of Topliss-reactive ketones (excluding diaryl/α,β-unsaturated/α-hetero) is 1. The van der Waals surface area contributed by atoms with Crippen LogP contribution in [0.25, 0.3) is 0 Å². The zero-order chi connectivity index (χ0) is 19.6. The molecule has 4 saturated carbocycles. The van der Waals surface area contributed by atoms with Crippen molar-refractivity contribution in [2.75, 3.05) is 0 Å². The lowest BCUT2D eigenvalue weighted by Gasteiger charge is -2.56. The van der Waals surface area contributed by atoms with E-state index in [2.05, 4.69) is 6.92 Å². The number of rotatable bonds is 2. The Labute approximate surface area is 160 Å². The lowest BCUT2D eigenvalue weighted by Crippen LogP contribution is -2.51. The summed E-state index contributed by atoms with van der Waals surface area (Å²) in [6, 6.07) is 0. The molecule has 0 aromatic rings. The fraction of sp³-hybridized carbons (Fsp3) is 0.955. The molecule has 0 aromatic heterocycles. The number of carbonyl (C=O) groups excluding carboxylic acids is 1. The first kappa shape index (κ1) is 19.7. The van der Waals surface area contributed by atoms with Crippen molar-refractivity contribution in [3.8, 4) is 0 Å². The minimum Gasteiger partial charge on any atom is -0.390 e. The van der Waals surface area contributed by atoms with Crippen LogP contribution in [0.15, 0.2) is 0 Å². The third kappa shape index (κ3) is 3.47. The molecule has 0 bridgehead atoms. The molecule has 0 saturated heterocycles. The highest BCUT2D eigenvalue weighted by Crippen LogP contribution is 2.64. The molecule has 8 atom stereocenters. The van der Waals surface area contributed by atoms with E-state index < -0.39 is 29.9 Å². The molecular weight excluding hydrogens is 353 g/mol. The van der Waals surface area contributed by atoms with Gasteiger partial charge in [-0.25, -0.2) is 0 Å². The largest absolute Gasteiger partial charge is 0.395 e. The number of carbonyl (C=O) groups is 1. The summed E-state index contributed by atoms with van der Waals surface area (Å²) < 4.78 is 38.4. The van der Waals surface area contributed by atoms with Gasteiger partial charge in [-0.1, -0.05) is 6.92 Å². The number of aliphatic hydroxyl groups is 1. The fourth-order valence-electron chi connectivity index (χ4n) is 7.93. The summed E-state index contributed by atoms with van der Waals surface area (Å²) in [6.45, 7) is 4.07. The van der Waals surface area contributed by atoms with E-state index in [1.807, 2.05) is 6.92 Å². The summed E-state index contributed by atoms with van der Waals surface area (Å²) in [5, 5.41) is 10.5. The van der Waals surface area contributed by atoms with Gasteiger partial charge in [0.2, 0.25) is 0 Å². The molecule has 27 heavy (non-hydrogen) atoms. The van der Waals surface area contributed by atoms with Crippen molar-refractivity contribution in [3.63, 3.8) is 0 Å². The lowest BCUT2D eigenvalue weighted by molar-refractivity contribution is -0.159. The highest BCUT2D eigenvalue weighted by atomic mass is 19.4. The number of ketones is 1. The van der Waals surface area contributed by atoms with Gasteiger partial charge in [0.15, 0.2) is 0 Å². The average molecular weight is 386 g/mol. The van der Waals surface area contributed by atoms with Gasteiger partial charge in [-0.3, -0.25) is 4.79 Å². The summed E-state index contributed by atoms with van der Waals surface area (Å²) in [7, 11) is 0. The number of hydrogen-bond acceptors (Lipinski definition) is 2. The molecule has 154 valence electrons. The van der Waals surface area contributed by atoms with Crippen LogP contribution in [0.1, 0.15) is 78.1 Å². The average Bonchev–Trinajstić information content (AvgIpc) is 2.89. The second kappa shape index (κ2) is 6.47. The first-order chi connectivity index (χ1) is 12.5. The Balaban J connectivity index is 1.50. The van der Waals surface area contributed by atoms with E-state index >= 15 is 0 Å². The first-order valence-electron chi connectivity index (χ1n) is 10.8. The Morgan fingerprint density at radius 2 is 1.67 bits per heavy atom. The smallest absolute Gasteiger partial charge is 0.390 e. The molecule has 2 nitrogen and oxygen atoms in total. The van der Waals surface area contributed by atoms with Crippen LogP contribution in [0.5, 0.6) is 0 Å². The highest BCUT2D eigenvalue weighted by Gasteiger charge is 2.59. The molecule has 0 spiro atoms. The standard InChI is InChI=1S/C22H33F3O2/c1-20(27)9-7-14-13(11-20)3-4-16-15(14)8-10-21(2)17(16)5-6-18(21)19(26)12-22(23,24)25/h13-18,27H,3-12H2,1-2H3/t13-,14+,15-,16-,17+,18-,20-,21+/m1/s1. The zero-order valence-electron chi connectivity index (χ0n) is 16.5. The molecule has 0 unspecified atom stereocenters. The Morgan fingerprint density at radius 3 is 2.37 bits per heavy atom. The van der Waals surface area contributed by atoms with E-state index in [4.69, 9.17) is 0 Å². The Morgan fingerprint density at radius 1 is 0.963 bits per heavy atom. The monoisotopic (exact) mass is 386 g/mol. The Hall–Kier alpha value is -0.580. The van der Waals surface area contributed by atoms with Crippen molar-refractivity contribution in [3.05, 3.63) is 0 Å². The van der Waals surface area contributed by atoms with Crippen LogP contribution >= 0.6 is 0 Å². The molecule has 4 rings (SSSR count).